The zero-order valence-corrected chi connectivity index (χ0v) is 15.4. The highest BCUT2D eigenvalue weighted by atomic mass is 15.2. The highest BCUT2D eigenvalue weighted by molar-refractivity contribution is 5.70. The zero-order chi connectivity index (χ0) is 17.9. The van der Waals surface area contributed by atoms with Crippen molar-refractivity contribution in [2.75, 3.05) is 7.05 Å². The van der Waals surface area contributed by atoms with Crippen molar-refractivity contribution in [2.24, 2.45) is 5.92 Å². The summed E-state index contributed by atoms with van der Waals surface area (Å²) in [6, 6.07) is 33.2. The third-order valence-corrected chi connectivity index (χ3v) is 5.57. The van der Waals surface area contributed by atoms with E-state index in [2.05, 4.69) is 116 Å². The van der Waals surface area contributed by atoms with Crippen molar-refractivity contribution >= 4 is 5.57 Å². The van der Waals surface area contributed by atoms with Crippen LogP contribution < -0.4 is 0 Å². The van der Waals surface area contributed by atoms with Crippen LogP contribution in [0.5, 0.6) is 0 Å². The number of rotatable bonds is 3. The first-order valence-electron chi connectivity index (χ1n) is 9.34. The fraction of sp³-hybridized carbons (Fsp3) is 0.200. The van der Waals surface area contributed by atoms with Gasteiger partial charge in [0, 0.05) is 12.0 Å². The third-order valence-electron chi connectivity index (χ3n) is 5.57. The lowest BCUT2D eigenvalue weighted by Crippen LogP contribution is -2.36. The average Bonchev–Trinajstić information content (AvgIpc) is 2.70. The van der Waals surface area contributed by atoms with Crippen LogP contribution in [0.25, 0.3) is 5.57 Å². The fourth-order valence-electron chi connectivity index (χ4n) is 4.28. The summed E-state index contributed by atoms with van der Waals surface area (Å²) in [4.78, 5) is 2.52. The van der Waals surface area contributed by atoms with Gasteiger partial charge >= 0.3 is 0 Å². The molecule has 0 bridgehead atoms. The lowest BCUT2D eigenvalue weighted by molar-refractivity contribution is 0.162. The molecule has 3 aromatic carbocycles. The van der Waals surface area contributed by atoms with Crippen LogP contribution in [0.2, 0.25) is 0 Å². The van der Waals surface area contributed by atoms with E-state index in [0.717, 1.165) is 0 Å². The normalized spacial score (nSPS) is 23.5. The first kappa shape index (κ1) is 16.8. The summed E-state index contributed by atoms with van der Waals surface area (Å²) in [5.41, 5.74) is 5.49. The Kier molecular flexibility index (Phi) is 4.73. The summed E-state index contributed by atoms with van der Waals surface area (Å²) >= 11 is 0. The largest absolute Gasteiger partial charge is 0.288 e. The zero-order valence-electron chi connectivity index (χ0n) is 15.4. The first-order chi connectivity index (χ1) is 12.8. The van der Waals surface area contributed by atoms with Crippen LogP contribution >= 0.6 is 0 Å². The van der Waals surface area contributed by atoms with E-state index in [4.69, 9.17) is 0 Å². The molecular formula is C25H25N. The molecule has 0 aliphatic carbocycles. The number of benzene rings is 3. The van der Waals surface area contributed by atoms with Crippen LogP contribution in [0.15, 0.2) is 97.1 Å². The van der Waals surface area contributed by atoms with Crippen LogP contribution in [0.4, 0.5) is 0 Å². The Morgan fingerprint density at radius 2 is 1.15 bits per heavy atom. The van der Waals surface area contributed by atoms with Crippen molar-refractivity contribution in [3.63, 3.8) is 0 Å². The summed E-state index contributed by atoms with van der Waals surface area (Å²) in [5.74, 6) is 0.421. The molecule has 3 unspecified atom stereocenters. The topological polar surface area (TPSA) is 3.24 Å². The SMILES string of the molecule is CC1C(c2ccccc2)=CC(c2ccccc2)N(C)C1c1ccccc1. The lowest BCUT2D eigenvalue weighted by atomic mass is 9.78. The van der Waals surface area contributed by atoms with Gasteiger partial charge in [-0.3, -0.25) is 4.90 Å². The van der Waals surface area contributed by atoms with Crippen molar-refractivity contribution in [3.8, 4) is 0 Å². The fourth-order valence-corrected chi connectivity index (χ4v) is 4.28. The lowest BCUT2D eigenvalue weighted by Gasteiger charge is -2.43. The van der Waals surface area contributed by atoms with Gasteiger partial charge in [0.2, 0.25) is 0 Å². The van der Waals surface area contributed by atoms with Crippen LogP contribution in [0.3, 0.4) is 0 Å². The van der Waals surface area contributed by atoms with E-state index in [9.17, 15) is 0 Å². The molecule has 1 heterocycles. The van der Waals surface area contributed by atoms with Gasteiger partial charge < -0.3 is 0 Å². The predicted molar refractivity (Wildman–Crippen MR) is 110 cm³/mol. The quantitative estimate of drug-likeness (QED) is 0.554. The molecule has 1 heteroatoms. The molecule has 3 aromatic rings. The molecule has 0 spiro atoms. The molecular weight excluding hydrogens is 314 g/mol. The van der Waals surface area contributed by atoms with Crippen LogP contribution in [0.1, 0.15) is 35.7 Å². The van der Waals surface area contributed by atoms with Crippen molar-refractivity contribution < 1.29 is 0 Å². The second-order valence-electron chi connectivity index (χ2n) is 7.15. The molecule has 0 saturated carbocycles. The first-order valence-corrected chi connectivity index (χ1v) is 9.34. The standard InChI is InChI=1S/C25H25N/c1-19-23(20-12-6-3-7-13-20)18-24(21-14-8-4-9-15-21)26(2)25(19)22-16-10-5-11-17-22/h3-19,24-25H,1-2H3. The van der Waals surface area contributed by atoms with Gasteiger partial charge in [0.05, 0.1) is 6.04 Å². The minimum atomic E-state index is 0.271. The summed E-state index contributed by atoms with van der Waals surface area (Å²) in [5, 5.41) is 0. The summed E-state index contributed by atoms with van der Waals surface area (Å²) < 4.78 is 0. The third kappa shape index (κ3) is 3.11. The maximum absolute atomic E-state index is 2.52. The summed E-state index contributed by atoms with van der Waals surface area (Å²) in [7, 11) is 2.25. The van der Waals surface area contributed by atoms with Gasteiger partial charge in [0.1, 0.15) is 0 Å². The Morgan fingerprint density at radius 1 is 0.654 bits per heavy atom. The number of hydrogen-bond acceptors (Lipinski definition) is 1. The predicted octanol–water partition coefficient (Wildman–Crippen LogP) is 6.13. The monoisotopic (exact) mass is 339 g/mol. The van der Waals surface area contributed by atoms with E-state index < -0.39 is 0 Å². The van der Waals surface area contributed by atoms with E-state index in [1.54, 1.807) is 0 Å². The van der Waals surface area contributed by atoms with Crippen LogP contribution in [-0.4, -0.2) is 11.9 Å². The summed E-state index contributed by atoms with van der Waals surface area (Å²) in [6.07, 6.45) is 2.45. The molecule has 0 fully saturated rings. The Morgan fingerprint density at radius 3 is 1.73 bits per heavy atom. The highest BCUT2D eigenvalue weighted by Gasteiger charge is 2.35. The van der Waals surface area contributed by atoms with Gasteiger partial charge in [-0.15, -0.1) is 0 Å². The molecule has 0 amide bonds. The Balaban J connectivity index is 1.84. The van der Waals surface area contributed by atoms with Gasteiger partial charge in [0.15, 0.2) is 0 Å². The minimum absolute atomic E-state index is 0.271. The molecule has 0 aromatic heterocycles. The second-order valence-corrected chi connectivity index (χ2v) is 7.15. The molecule has 130 valence electrons. The van der Waals surface area contributed by atoms with E-state index in [-0.39, 0.29) is 6.04 Å². The second kappa shape index (κ2) is 7.31. The number of likely N-dealkylation sites (N-methyl/N-ethyl adjacent to an activating group) is 1. The van der Waals surface area contributed by atoms with E-state index in [0.29, 0.717) is 12.0 Å². The van der Waals surface area contributed by atoms with Crippen molar-refractivity contribution in [3.05, 3.63) is 114 Å². The molecule has 0 N–H and O–H groups in total. The molecule has 26 heavy (non-hydrogen) atoms. The van der Waals surface area contributed by atoms with E-state index in [1.807, 2.05) is 0 Å². The summed E-state index contributed by atoms with van der Waals surface area (Å²) in [6.45, 7) is 2.36. The van der Waals surface area contributed by atoms with Gasteiger partial charge in [-0.1, -0.05) is 104 Å². The van der Waals surface area contributed by atoms with Crippen molar-refractivity contribution in [1.82, 2.24) is 4.90 Å². The maximum atomic E-state index is 2.52. The van der Waals surface area contributed by atoms with Crippen LogP contribution in [-0.2, 0) is 0 Å². The van der Waals surface area contributed by atoms with Crippen molar-refractivity contribution in [2.45, 2.75) is 19.0 Å². The highest BCUT2D eigenvalue weighted by Crippen LogP contribution is 2.46. The molecule has 1 aliphatic rings. The molecule has 1 nitrogen and oxygen atoms in total. The molecule has 0 saturated heterocycles. The Bertz CT molecular complexity index is 868. The van der Waals surface area contributed by atoms with Gasteiger partial charge in [-0.2, -0.15) is 0 Å². The van der Waals surface area contributed by atoms with Crippen molar-refractivity contribution in [1.29, 1.82) is 0 Å². The minimum Gasteiger partial charge on any atom is -0.288 e. The molecule has 3 atom stereocenters. The Labute approximate surface area is 156 Å². The molecule has 1 aliphatic heterocycles. The Hall–Kier alpha value is -2.64. The van der Waals surface area contributed by atoms with E-state index >= 15 is 0 Å². The van der Waals surface area contributed by atoms with Gasteiger partial charge in [0.25, 0.3) is 0 Å². The smallest absolute Gasteiger partial charge is 0.0540 e. The number of nitrogens with zero attached hydrogens (tertiary/aromatic N) is 1. The average molecular weight is 339 g/mol. The molecule has 0 radical (unpaired) electrons. The van der Waals surface area contributed by atoms with Gasteiger partial charge in [-0.25, -0.2) is 0 Å². The van der Waals surface area contributed by atoms with Crippen LogP contribution in [0, 0.1) is 5.92 Å². The number of hydrogen-bond donors (Lipinski definition) is 0. The van der Waals surface area contributed by atoms with Gasteiger partial charge in [-0.05, 0) is 29.3 Å². The molecule has 4 rings (SSSR count). The van der Waals surface area contributed by atoms with E-state index in [1.165, 1.54) is 22.3 Å². The maximum Gasteiger partial charge on any atom is 0.0540 e.